The zero-order valence-electron chi connectivity index (χ0n) is 7.64. The molecule has 5 heteroatoms. The molecule has 1 aromatic rings. The van der Waals surface area contributed by atoms with Crippen molar-refractivity contribution in [1.82, 2.24) is 0 Å². The Morgan fingerprint density at radius 2 is 2.07 bits per heavy atom. The Balaban J connectivity index is 3.24. The number of halogens is 2. The molecule has 0 amide bonds. The largest absolute Gasteiger partial charge is 0.495 e. The topological polar surface area (TPSA) is 35.5 Å². The third kappa shape index (κ3) is 1.96. The van der Waals surface area contributed by atoms with E-state index in [1.54, 1.807) is 0 Å². The van der Waals surface area contributed by atoms with Crippen LogP contribution in [0.4, 0.5) is 4.39 Å². The van der Waals surface area contributed by atoms with E-state index in [1.165, 1.54) is 20.3 Å². The molecule has 0 spiro atoms. The fourth-order valence-electron chi connectivity index (χ4n) is 0.952. The second kappa shape index (κ2) is 4.28. The Morgan fingerprint density at radius 3 is 2.57 bits per heavy atom. The van der Waals surface area contributed by atoms with Crippen molar-refractivity contribution in [2.24, 2.45) is 0 Å². The molecule has 1 rings (SSSR count). The van der Waals surface area contributed by atoms with Crippen molar-refractivity contribution < 1.29 is 18.7 Å². The quantitative estimate of drug-likeness (QED) is 0.715. The van der Waals surface area contributed by atoms with Crippen molar-refractivity contribution in [2.45, 2.75) is 0 Å². The predicted molar refractivity (Wildman–Crippen MR) is 49.3 cm³/mol. The summed E-state index contributed by atoms with van der Waals surface area (Å²) in [7, 11) is 2.54. The summed E-state index contributed by atoms with van der Waals surface area (Å²) in [6, 6.07) is 2.20. The van der Waals surface area contributed by atoms with Crippen LogP contribution in [-0.4, -0.2) is 20.2 Å². The fraction of sp³-hybridized carbons (Fsp3) is 0.222. The molecule has 0 fully saturated rings. The fourth-order valence-corrected chi connectivity index (χ4v) is 1.18. The summed E-state index contributed by atoms with van der Waals surface area (Å²) in [5.74, 6) is -1.27. The molecule has 0 saturated heterocycles. The molecule has 0 N–H and O–H groups in total. The first kappa shape index (κ1) is 10.8. The number of carbonyl (C=O) groups excluding carboxylic acids is 1. The lowest BCUT2D eigenvalue weighted by Crippen LogP contribution is -2.05. The average Bonchev–Trinajstić information content (AvgIpc) is 2.17. The number of benzene rings is 1. The van der Waals surface area contributed by atoms with Crippen LogP contribution < -0.4 is 4.74 Å². The molecule has 0 radical (unpaired) electrons. The summed E-state index contributed by atoms with van der Waals surface area (Å²) in [4.78, 5) is 11.1. The molecule has 76 valence electrons. The first-order valence-corrected chi connectivity index (χ1v) is 4.09. The van der Waals surface area contributed by atoms with E-state index in [4.69, 9.17) is 16.3 Å². The van der Waals surface area contributed by atoms with Gasteiger partial charge in [-0.25, -0.2) is 9.18 Å². The number of esters is 1. The van der Waals surface area contributed by atoms with Crippen molar-refractivity contribution in [1.29, 1.82) is 0 Å². The molecule has 0 atom stereocenters. The van der Waals surface area contributed by atoms with E-state index in [-0.39, 0.29) is 16.3 Å². The summed E-state index contributed by atoms with van der Waals surface area (Å²) in [5.41, 5.74) is -0.200. The minimum atomic E-state index is -0.766. The van der Waals surface area contributed by atoms with E-state index in [0.29, 0.717) is 0 Å². The lowest BCUT2D eigenvalue weighted by atomic mass is 10.2. The van der Waals surface area contributed by atoms with E-state index in [1.807, 2.05) is 0 Å². The van der Waals surface area contributed by atoms with Gasteiger partial charge in [0, 0.05) is 0 Å². The molecule has 0 saturated carbocycles. The summed E-state index contributed by atoms with van der Waals surface area (Å²) in [6.45, 7) is 0. The average molecular weight is 219 g/mol. The van der Waals surface area contributed by atoms with Gasteiger partial charge in [0.1, 0.15) is 11.6 Å². The first-order valence-electron chi connectivity index (χ1n) is 3.71. The highest BCUT2D eigenvalue weighted by atomic mass is 35.5. The molecular weight excluding hydrogens is 211 g/mol. The Bertz CT molecular complexity index is 365. The van der Waals surface area contributed by atoms with Gasteiger partial charge in [0.05, 0.1) is 24.8 Å². The van der Waals surface area contributed by atoms with Gasteiger partial charge in [0.15, 0.2) is 0 Å². The van der Waals surface area contributed by atoms with Gasteiger partial charge < -0.3 is 9.47 Å². The number of hydrogen-bond donors (Lipinski definition) is 0. The van der Waals surface area contributed by atoms with E-state index >= 15 is 0 Å². The standard InChI is InChI=1S/C9H8ClFO3/c1-13-8-3-5(9(12)14-2)7(11)4-6(8)10/h3-4H,1-2H3. The van der Waals surface area contributed by atoms with Crippen LogP contribution >= 0.6 is 11.6 Å². The molecule has 0 heterocycles. The molecule has 0 unspecified atom stereocenters. The molecule has 0 aliphatic rings. The Morgan fingerprint density at radius 1 is 1.43 bits per heavy atom. The zero-order chi connectivity index (χ0) is 10.7. The minimum Gasteiger partial charge on any atom is -0.495 e. The SMILES string of the molecule is COC(=O)c1cc(OC)c(Cl)cc1F. The zero-order valence-corrected chi connectivity index (χ0v) is 8.39. The smallest absolute Gasteiger partial charge is 0.340 e. The van der Waals surface area contributed by atoms with Crippen LogP contribution in [0, 0.1) is 5.82 Å². The predicted octanol–water partition coefficient (Wildman–Crippen LogP) is 2.27. The van der Waals surface area contributed by atoms with Crippen LogP contribution in [0.1, 0.15) is 10.4 Å². The second-order valence-electron chi connectivity index (χ2n) is 2.46. The molecule has 0 aliphatic carbocycles. The molecule has 14 heavy (non-hydrogen) atoms. The van der Waals surface area contributed by atoms with E-state index in [9.17, 15) is 9.18 Å². The lowest BCUT2D eigenvalue weighted by molar-refractivity contribution is 0.0595. The third-order valence-corrected chi connectivity index (χ3v) is 1.94. The number of hydrogen-bond acceptors (Lipinski definition) is 3. The van der Waals surface area contributed by atoms with Crippen LogP contribution in [-0.2, 0) is 4.74 Å². The molecule has 0 aliphatic heterocycles. The number of methoxy groups -OCH3 is 2. The van der Waals surface area contributed by atoms with Gasteiger partial charge >= 0.3 is 5.97 Å². The lowest BCUT2D eigenvalue weighted by Gasteiger charge is -2.06. The maximum Gasteiger partial charge on any atom is 0.340 e. The van der Waals surface area contributed by atoms with Gasteiger partial charge in [-0.1, -0.05) is 11.6 Å². The molecular formula is C9H8ClFO3. The van der Waals surface area contributed by atoms with Gasteiger partial charge in [-0.15, -0.1) is 0 Å². The highest BCUT2D eigenvalue weighted by Crippen LogP contribution is 2.27. The van der Waals surface area contributed by atoms with Crippen LogP contribution in [0.25, 0.3) is 0 Å². The number of ether oxygens (including phenoxy) is 2. The van der Waals surface area contributed by atoms with Crippen LogP contribution in [0.5, 0.6) is 5.75 Å². The summed E-state index contributed by atoms with van der Waals surface area (Å²) < 4.78 is 22.4. The van der Waals surface area contributed by atoms with Crippen molar-refractivity contribution in [3.05, 3.63) is 28.5 Å². The summed E-state index contributed by atoms with van der Waals surface area (Å²) in [6.07, 6.45) is 0. The highest BCUT2D eigenvalue weighted by Gasteiger charge is 2.15. The minimum absolute atomic E-state index is 0.109. The summed E-state index contributed by atoms with van der Waals surface area (Å²) in [5, 5.41) is 0.109. The maximum absolute atomic E-state index is 13.2. The monoisotopic (exact) mass is 218 g/mol. The second-order valence-corrected chi connectivity index (χ2v) is 2.87. The van der Waals surface area contributed by atoms with E-state index in [0.717, 1.165) is 6.07 Å². The van der Waals surface area contributed by atoms with Gasteiger partial charge in [0.2, 0.25) is 0 Å². The van der Waals surface area contributed by atoms with Crippen LogP contribution in [0.2, 0.25) is 5.02 Å². The normalized spacial score (nSPS) is 9.71. The van der Waals surface area contributed by atoms with Crippen molar-refractivity contribution in [2.75, 3.05) is 14.2 Å². The molecule has 0 aromatic heterocycles. The van der Waals surface area contributed by atoms with Gasteiger partial charge in [-0.3, -0.25) is 0 Å². The van der Waals surface area contributed by atoms with Gasteiger partial charge in [0.25, 0.3) is 0 Å². The van der Waals surface area contributed by atoms with Crippen LogP contribution in [0.15, 0.2) is 12.1 Å². The Kier molecular flexibility index (Phi) is 3.30. The van der Waals surface area contributed by atoms with Crippen molar-refractivity contribution >= 4 is 17.6 Å². The van der Waals surface area contributed by atoms with E-state index < -0.39 is 11.8 Å². The summed E-state index contributed by atoms with van der Waals surface area (Å²) >= 11 is 5.63. The van der Waals surface area contributed by atoms with Gasteiger partial charge in [-0.2, -0.15) is 0 Å². The Labute approximate surface area is 85.4 Å². The van der Waals surface area contributed by atoms with Crippen LogP contribution in [0.3, 0.4) is 0 Å². The maximum atomic E-state index is 13.2. The Hall–Kier alpha value is -1.29. The van der Waals surface area contributed by atoms with E-state index in [2.05, 4.69) is 4.74 Å². The number of carbonyl (C=O) groups is 1. The molecule has 1 aromatic carbocycles. The third-order valence-electron chi connectivity index (χ3n) is 1.65. The highest BCUT2D eigenvalue weighted by molar-refractivity contribution is 6.32. The molecule has 3 nitrogen and oxygen atoms in total. The first-order chi connectivity index (χ1) is 6.60. The van der Waals surface area contributed by atoms with Crippen molar-refractivity contribution in [3.63, 3.8) is 0 Å². The molecule has 0 bridgehead atoms. The number of rotatable bonds is 2. The van der Waals surface area contributed by atoms with Gasteiger partial charge in [-0.05, 0) is 12.1 Å². The van der Waals surface area contributed by atoms with Crippen molar-refractivity contribution in [3.8, 4) is 5.75 Å².